The first-order chi connectivity index (χ1) is 12.3. The summed E-state index contributed by atoms with van der Waals surface area (Å²) in [7, 11) is 0.271. The summed E-state index contributed by atoms with van der Waals surface area (Å²) in [6.07, 6.45) is 3.36. The Balaban J connectivity index is -0.000000376. The van der Waals surface area contributed by atoms with E-state index in [9.17, 15) is 0 Å². The van der Waals surface area contributed by atoms with Gasteiger partial charge in [0.1, 0.15) is 9.52 Å². The zero-order valence-electron chi connectivity index (χ0n) is 17.6. The molecule has 1 unspecified atom stereocenters. The Labute approximate surface area is 206 Å². The van der Waals surface area contributed by atoms with E-state index in [0.717, 1.165) is 0 Å². The van der Waals surface area contributed by atoms with Crippen molar-refractivity contribution in [3.05, 3.63) is 89.2 Å². The molecule has 0 saturated heterocycles. The maximum absolute atomic E-state index is 9.11. The molecule has 1 N–H and O–H groups in total. The number of nitrogens with one attached hydrogen (secondary N) is 1. The summed E-state index contributed by atoms with van der Waals surface area (Å²) in [6, 6.07) is 21.3. The summed E-state index contributed by atoms with van der Waals surface area (Å²) in [6.45, 7) is 9.86. The van der Waals surface area contributed by atoms with Crippen LogP contribution in [-0.4, -0.2) is 15.4 Å². The molecular weight excluding hydrogens is 453 g/mol. The standard InChI is InChI=1S/C12H11Si.C9H13.C2H5NO.2ClH.Ti/c1-3-7-11(8-4-1)13-12-9-5-2-6-10-12;1-6-5-7(2)9(4)8(6)3;1-2(3)4;;;/h1-10,13H;6H,1-4H3;1H3,(H2,3,4);2*1H;/q;-1;;;;+4/p-3. The van der Waals surface area contributed by atoms with Crippen LogP contribution in [0.25, 0.3) is 5.73 Å². The predicted molar refractivity (Wildman–Crippen MR) is 114 cm³/mol. The van der Waals surface area contributed by atoms with Crippen LogP contribution in [0.1, 0.15) is 34.6 Å². The van der Waals surface area contributed by atoms with Crippen molar-refractivity contribution in [2.75, 3.05) is 0 Å². The molecule has 0 spiro atoms. The van der Waals surface area contributed by atoms with Gasteiger partial charge in [-0.3, -0.25) is 6.08 Å². The normalized spacial score (nSPS) is 13.7. The molecule has 2 aromatic carbocycles. The van der Waals surface area contributed by atoms with E-state index >= 15 is 0 Å². The number of allylic oxidation sites excluding steroid dienone is 4. The van der Waals surface area contributed by atoms with Gasteiger partial charge in [0, 0.05) is 5.91 Å². The monoisotopic (exact) mass is 480 g/mol. The minimum Gasteiger partial charge on any atom is -1.00 e. The third-order valence-corrected chi connectivity index (χ3v) is 5.61. The van der Waals surface area contributed by atoms with Crippen LogP contribution in [0.2, 0.25) is 0 Å². The second-order valence-corrected chi connectivity index (χ2v) is 7.94. The first-order valence-corrected chi connectivity index (χ1v) is 9.91. The molecule has 0 saturated carbocycles. The first kappa shape index (κ1) is 32.6. The largest absolute Gasteiger partial charge is 4.00 e. The molecule has 2 nitrogen and oxygen atoms in total. The van der Waals surface area contributed by atoms with Crippen molar-refractivity contribution in [1.29, 1.82) is 0 Å². The van der Waals surface area contributed by atoms with E-state index in [4.69, 9.17) is 10.5 Å². The minimum atomic E-state index is -0.583. The predicted octanol–water partition coefficient (Wildman–Crippen LogP) is -1.61. The maximum Gasteiger partial charge on any atom is 4.00 e. The average molecular weight is 481 g/mol. The van der Waals surface area contributed by atoms with Crippen molar-refractivity contribution >= 4 is 25.8 Å². The molecule has 2 aromatic rings. The molecule has 3 rings (SSSR count). The van der Waals surface area contributed by atoms with Crippen LogP contribution < -0.4 is 35.2 Å². The zero-order valence-corrected chi connectivity index (χ0v) is 21.8. The molecule has 0 heterocycles. The van der Waals surface area contributed by atoms with Crippen molar-refractivity contribution in [2.24, 2.45) is 5.92 Å². The second kappa shape index (κ2) is 17.7. The molecule has 0 bridgehead atoms. The van der Waals surface area contributed by atoms with E-state index in [1.807, 2.05) is 0 Å². The Bertz CT molecular complexity index is 723. The van der Waals surface area contributed by atoms with Gasteiger partial charge < -0.3 is 35.3 Å². The molecule has 0 fully saturated rings. The van der Waals surface area contributed by atoms with Crippen molar-refractivity contribution in [3.63, 3.8) is 0 Å². The molecule has 153 valence electrons. The summed E-state index contributed by atoms with van der Waals surface area (Å²) in [5, 5.41) is 2.90. The van der Waals surface area contributed by atoms with Crippen molar-refractivity contribution in [3.8, 4) is 0 Å². The van der Waals surface area contributed by atoms with Gasteiger partial charge in [-0.1, -0.05) is 97.7 Å². The van der Waals surface area contributed by atoms with Crippen LogP contribution in [0.4, 0.5) is 0 Å². The molecule has 6 heteroatoms. The number of rotatable bonds is 2. The number of halogens is 2. The number of carbonyl (C=O) groups is 1. The molecule has 1 aliphatic rings. The van der Waals surface area contributed by atoms with E-state index in [1.165, 1.54) is 34.0 Å². The van der Waals surface area contributed by atoms with Gasteiger partial charge in [0.2, 0.25) is 0 Å². The van der Waals surface area contributed by atoms with Gasteiger partial charge in [0.05, 0.1) is 0 Å². The van der Waals surface area contributed by atoms with Gasteiger partial charge in [0.15, 0.2) is 0 Å². The van der Waals surface area contributed by atoms with Gasteiger partial charge in [-0.15, -0.1) is 6.92 Å². The van der Waals surface area contributed by atoms with Crippen LogP contribution >= 0.6 is 0 Å². The number of benzene rings is 2. The van der Waals surface area contributed by atoms with Crippen LogP contribution in [0.3, 0.4) is 0 Å². The Morgan fingerprint density at radius 1 is 0.897 bits per heavy atom. The number of hydrogen-bond acceptors (Lipinski definition) is 1. The third-order valence-electron chi connectivity index (χ3n) is 4.17. The van der Waals surface area contributed by atoms with Gasteiger partial charge in [-0.2, -0.15) is 11.1 Å². The molecule has 0 aromatic heterocycles. The number of carbonyl (C=O) groups excluding carboxylic acids is 1. The number of amides is 1. The van der Waals surface area contributed by atoms with Crippen LogP contribution in [0, 0.1) is 12.0 Å². The summed E-state index contributed by atoms with van der Waals surface area (Å²) in [5.74, 6) is -0.0231. The average Bonchev–Trinajstić information content (AvgIpc) is 2.83. The third kappa shape index (κ3) is 13.7. The van der Waals surface area contributed by atoms with Crippen molar-refractivity contribution in [1.82, 2.24) is 0 Å². The fraction of sp³-hybridized carbons (Fsp3) is 0.261. The van der Waals surface area contributed by atoms with E-state index in [2.05, 4.69) is 94.4 Å². The Kier molecular flexibility index (Phi) is 19.9. The molecule has 1 atom stereocenters. The SMILES string of the molecule is CC([NH-])=O.CC1=[C-]C(C)C(C)=C1C.[Cl-].[Cl-].[Ti+4].c1ccc([SiH]c2ccccc2)cc1. The van der Waals surface area contributed by atoms with Crippen molar-refractivity contribution < 1.29 is 51.3 Å². The summed E-state index contributed by atoms with van der Waals surface area (Å²) in [5.41, 5.74) is 10.2. The maximum atomic E-state index is 9.11. The molecule has 0 aliphatic heterocycles. The summed E-state index contributed by atoms with van der Waals surface area (Å²) < 4.78 is 0. The minimum absolute atomic E-state index is 0. The van der Waals surface area contributed by atoms with E-state index in [0.29, 0.717) is 5.92 Å². The summed E-state index contributed by atoms with van der Waals surface area (Å²) >= 11 is 0. The quantitative estimate of drug-likeness (QED) is 0.376. The van der Waals surface area contributed by atoms with Crippen LogP contribution in [0.5, 0.6) is 0 Å². The number of hydrogen-bond donors (Lipinski definition) is 0. The molecule has 1 radical (unpaired) electrons. The van der Waals surface area contributed by atoms with Gasteiger partial charge in [0.25, 0.3) is 0 Å². The van der Waals surface area contributed by atoms with Crippen molar-refractivity contribution in [2.45, 2.75) is 34.6 Å². The Morgan fingerprint density at radius 3 is 1.45 bits per heavy atom. The van der Waals surface area contributed by atoms with E-state index in [1.54, 1.807) is 0 Å². The second-order valence-electron chi connectivity index (χ2n) is 6.32. The summed E-state index contributed by atoms with van der Waals surface area (Å²) in [4.78, 5) is 9.11. The smallest absolute Gasteiger partial charge is 1.00 e. The van der Waals surface area contributed by atoms with Gasteiger partial charge >= 0.3 is 21.7 Å². The molecule has 1 amide bonds. The molecular formula is C23H28Cl2NOSiTi. The zero-order chi connectivity index (χ0) is 19.5. The Morgan fingerprint density at radius 2 is 1.24 bits per heavy atom. The topological polar surface area (TPSA) is 40.9 Å². The fourth-order valence-corrected chi connectivity index (χ4v) is 3.67. The molecule has 1 aliphatic carbocycles. The van der Waals surface area contributed by atoms with E-state index in [-0.39, 0.29) is 56.1 Å². The first-order valence-electron chi connectivity index (χ1n) is 8.76. The fourth-order valence-electron chi connectivity index (χ4n) is 2.45. The van der Waals surface area contributed by atoms with E-state index < -0.39 is 5.91 Å². The Hall–Kier alpha value is -1.10. The van der Waals surface area contributed by atoms with Crippen LogP contribution in [0.15, 0.2) is 77.4 Å². The van der Waals surface area contributed by atoms with Crippen LogP contribution in [-0.2, 0) is 26.5 Å². The van der Waals surface area contributed by atoms with Gasteiger partial charge in [-0.25, -0.2) is 5.57 Å². The van der Waals surface area contributed by atoms with Gasteiger partial charge in [-0.05, 0) is 6.92 Å². The molecule has 29 heavy (non-hydrogen) atoms.